The van der Waals surface area contributed by atoms with Crippen LogP contribution in [-0.4, -0.2) is 45.1 Å². The fraction of sp³-hybridized carbons (Fsp3) is 0.588. The summed E-state index contributed by atoms with van der Waals surface area (Å²) >= 11 is 1.59. The van der Waals surface area contributed by atoms with Gasteiger partial charge in [-0.05, 0) is 38.3 Å². The molecule has 1 saturated heterocycles. The number of amides is 1. The van der Waals surface area contributed by atoms with Crippen LogP contribution in [0.2, 0.25) is 0 Å². The lowest BCUT2D eigenvalue weighted by Gasteiger charge is -2.31. The molecule has 7 heteroatoms. The number of H-pyrrole nitrogens is 1. The van der Waals surface area contributed by atoms with E-state index in [1.54, 1.807) is 18.3 Å². The van der Waals surface area contributed by atoms with Crippen LogP contribution in [0.1, 0.15) is 49.9 Å². The molecule has 0 radical (unpaired) electrons. The number of nitrogens with one attached hydrogen (secondary N) is 1. The normalized spacial score (nSPS) is 21.8. The lowest BCUT2D eigenvalue weighted by molar-refractivity contribution is -0.116. The van der Waals surface area contributed by atoms with Gasteiger partial charge in [0.1, 0.15) is 0 Å². The van der Waals surface area contributed by atoms with E-state index in [-0.39, 0.29) is 5.91 Å². The van der Waals surface area contributed by atoms with E-state index in [4.69, 9.17) is 4.98 Å². The predicted octanol–water partition coefficient (Wildman–Crippen LogP) is 2.76. The SMILES string of the molecule is CC(=O)N(c1nc(CN2CCC[C@H](c3ccn[nH]3)C2)cs1)C1CC1. The number of nitrogens with zero attached hydrogens (tertiary/aromatic N) is 4. The molecule has 2 aliphatic rings. The second-order valence-electron chi connectivity index (χ2n) is 6.83. The third kappa shape index (κ3) is 3.37. The minimum absolute atomic E-state index is 0.107. The van der Waals surface area contributed by atoms with Crippen molar-refractivity contribution < 1.29 is 4.79 Å². The Morgan fingerprint density at radius 1 is 1.46 bits per heavy atom. The van der Waals surface area contributed by atoms with Crippen molar-refractivity contribution in [1.29, 1.82) is 0 Å². The first-order chi connectivity index (χ1) is 11.7. The van der Waals surface area contributed by atoms with Gasteiger partial charge in [0, 0.05) is 49.2 Å². The number of hydrogen-bond donors (Lipinski definition) is 1. The third-order valence-corrected chi connectivity index (χ3v) is 5.74. The van der Waals surface area contributed by atoms with Crippen LogP contribution in [-0.2, 0) is 11.3 Å². The van der Waals surface area contributed by atoms with Crippen LogP contribution in [0.3, 0.4) is 0 Å². The van der Waals surface area contributed by atoms with E-state index in [1.807, 2.05) is 11.1 Å². The Bertz CT molecular complexity index is 694. The van der Waals surface area contributed by atoms with Crippen LogP contribution in [0.25, 0.3) is 0 Å². The Hall–Kier alpha value is -1.73. The molecule has 1 aliphatic heterocycles. The molecular formula is C17H23N5OS. The van der Waals surface area contributed by atoms with Gasteiger partial charge < -0.3 is 0 Å². The Morgan fingerprint density at radius 2 is 2.33 bits per heavy atom. The molecule has 0 bridgehead atoms. The van der Waals surface area contributed by atoms with Crippen LogP contribution >= 0.6 is 11.3 Å². The molecule has 1 atom stereocenters. The van der Waals surface area contributed by atoms with Gasteiger partial charge in [-0.1, -0.05) is 0 Å². The first-order valence-electron chi connectivity index (χ1n) is 8.66. The minimum Gasteiger partial charge on any atom is -0.297 e. The Kier molecular flexibility index (Phi) is 4.37. The number of aromatic amines is 1. The fourth-order valence-corrected chi connectivity index (χ4v) is 4.47. The van der Waals surface area contributed by atoms with Gasteiger partial charge in [-0.15, -0.1) is 11.3 Å². The molecule has 128 valence electrons. The molecule has 3 heterocycles. The van der Waals surface area contributed by atoms with Gasteiger partial charge in [0.15, 0.2) is 5.13 Å². The highest BCUT2D eigenvalue weighted by Gasteiger charge is 2.33. The molecule has 0 spiro atoms. The van der Waals surface area contributed by atoms with Crippen LogP contribution < -0.4 is 4.90 Å². The molecule has 0 unspecified atom stereocenters. The number of thiazole rings is 1. The topological polar surface area (TPSA) is 65.1 Å². The lowest BCUT2D eigenvalue weighted by Crippen LogP contribution is -2.34. The Labute approximate surface area is 145 Å². The summed E-state index contributed by atoms with van der Waals surface area (Å²) in [6, 6.07) is 2.46. The first kappa shape index (κ1) is 15.8. The molecule has 1 saturated carbocycles. The number of hydrogen-bond acceptors (Lipinski definition) is 5. The molecule has 2 aromatic rings. The maximum atomic E-state index is 11.9. The second-order valence-corrected chi connectivity index (χ2v) is 7.66. The maximum Gasteiger partial charge on any atom is 0.225 e. The quantitative estimate of drug-likeness (QED) is 0.905. The van der Waals surface area contributed by atoms with E-state index in [0.717, 1.165) is 43.3 Å². The summed E-state index contributed by atoms with van der Waals surface area (Å²) in [5.41, 5.74) is 2.31. The lowest BCUT2D eigenvalue weighted by atomic mass is 9.95. The van der Waals surface area contributed by atoms with E-state index < -0.39 is 0 Å². The zero-order valence-corrected chi connectivity index (χ0v) is 14.8. The van der Waals surface area contributed by atoms with Gasteiger partial charge >= 0.3 is 0 Å². The summed E-state index contributed by atoms with van der Waals surface area (Å²) in [5.74, 6) is 0.634. The molecule has 24 heavy (non-hydrogen) atoms. The zero-order chi connectivity index (χ0) is 16.5. The highest BCUT2D eigenvalue weighted by atomic mass is 32.1. The molecule has 1 N–H and O–H groups in total. The van der Waals surface area contributed by atoms with Crippen LogP contribution in [0, 0.1) is 0 Å². The second kappa shape index (κ2) is 6.64. The summed E-state index contributed by atoms with van der Waals surface area (Å²) in [5, 5.41) is 10.2. The van der Waals surface area contributed by atoms with Gasteiger partial charge in [0.2, 0.25) is 5.91 Å². The van der Waals surface area contributed by atoms with E-state index in [9.17, 15) is 4.79 Å². The van der Waals surface area contributed by atoms with Crippen molar-refractivity contribution in [1.82, 2.24) is 20.1 Å². The summed E-state index contributed by atoms with van der Waals surface area (Å²) in [6.07, 6.45) is 6.44. The molecule has 2 aromatic heterocycles. The molecule has 1 aliphatic carbocycles. The number of rotatable bonds is 5. The largest absolute Gasteiger partial charge is 0.297 e. The van der Waals surface area contributed by atoms with Crippen molar-refractivity contribution in [3.63, 3.8) is 0 Å². The number of carbonyl (C=O) groups is 1. The van der Waals surface area contributed by atoms with E-state index in [2.05, 4.69) is 26.5 Å². The highest BCUT2D eigenvalue weighted by Crippen LogP contribution is 2.34. The number of aromatic nitrogens is 3. The van der Waals surface area contributed by atoms with Crippen LogP contribution in [0.15, 0.2) is 17.6 Å². The number of carbonyl (C=O) groups excluding carboxylic acids is 1. The van der Waals surface area contributed by atoms with E-state index >= 15 is 0 Å². The van der Waals surface area contributed by atoms with Gasteiger partial charge in [-0.25, -0.2) is 4.98 Å². The van der Waals surface area contributed by atoms with E-state index in [0.29, 0.717) is 12.0 Å². The average molecular weight is 345 g/mol. The predicted molar refractivity (Wildman–Crippen MR) is 94.1 cm³/mol. The molecule has 0 aromatic carbocycles. The summed E-state index contributed by atoms with van der Waals surface area (Å²) < 4.78 is 0. The van der Waals surface area contributed by atoms with Gasteiger partial charge in [0.25, 0.3) is 0 Å². The number of piperidine rings is 1. The average Bonchev–Trinajstić information content (AvgIpc) is 3.06. The van der Waals surface area contributed by atoms with Crippen LogP contribution in [0.4, 0.5) is 5.13 Å². The number of likely N-dealkylation sites (tertiary alicyclic amines) is 1. The standard InChI is InChI=1S/C17H23N5OS/c1-12(23)22(15-4-5-15)17-19-14(11-24-17)10-21-8-2-3-13(9-21)16-6-7-18-20-16/h6-7,11,13,15H,2-5,8-10H2,1H3,(H,18,20)/t13-/m0/s1. The van der Waals surface area contributed by atoms with Gasteiger partial charge in [-0.2, -0.15) is 5.10 Å². The van der Waals surface area contributed by atoms with E-state index in [1.165, 1.54) is 18.5 Å². The van der Waals surface area contributed by atoms with Crippen molar-refractivity contribution in [3.8, 4) is 0 Å². The molecule has 4 rings (SSSR count). The summed E-state index contributed by atoms with van der Waals surface area (Å²) in [7, 11) is 0. The Balaban J connectivity index is 1.41. The minimum atomic E-state index is 0.107. The molecular weight excluding hydrogens is 322 g/mol. The van der Waals surface area contributed by atoms with Gasteiger partial charge in [0.05, 0.1) is 5.69 Å². The monoisotopic (exact) mass is 345 g/mol. The van der Waals surface area contributed by atoms with Crippen molar-refractivity contribution in [2.75, 3.05) is 18.0 Å². The van der Waals surface area contributed by atoms with Crippen molar-refractivity contribution in [3.05, 3.63) is 29.0 Å². The summed E-state index contributed by atoms with van der Waals surface area (Å²) in [4.78, 5) is 20.9. The highest BCUT2D eigenvalue weighted by molar-refractivity contribution is 7.14. The van der Waals surface area contributed by atoms with Gasteiger partial charge in [-0.3, -0.25) is 19.7 Å². The number of anilines is 1. The fourth-order valence-electron chi connectivity index (χ4n) is 3.54. The smallest absolute Gasteiger partial charge is 0.225 e. The van der Waals surface area contributed by atoms with Crippen molar-refractivity contribution >= 4 is 22.4 Å². The third-order valence-electron chi connectivity index (χ3n) is 4.85. The van der Waals surface area contributed by atoms with Crippen molar-refractivity contribution in [2.45, 2.75) is 51.1 Å². The molecule has 6 nitrogen and oxygen atoms in total. The summed E-state index contributed by atoms with van der Waals surface area (Å²) in [6.45, 7) is 4.64. The molecule has 1 amide bonds. The zero-order valence-electron chi connectivity index (χ0n) is 13.9. The maximum absolute atomic E-state index is 11.9. The Morgan fingerprint density at radius 3 is 3.04 bits per heavy atom. The van der Waals surface area contributed by atoms with Crippen molar-refractivity contribution in [2.24, 2.45) is 0 Å². The van der Waals surface area contributed by atoms with Crippen LogP contribution in [0.5, 0.6) is 0 Å². The first-order valence-corrected chi connectivity index (χ1v) is 9.54. The molecule has 2 fully saturated rings.